The van der Waals surface area contributed by atoms with Crippen LogP contribution in [0.5, 0.6) is 0 Å². The van der Waals surface area contributed by atoms with Gasteiger partial charge >= 0.3 is 0 Å². The molecule has 0 fully saturated rings. The maximum atomic E-state index is 5.35. The van der Waals surface area contributed by atoms with Gasteiger partial charge in [0.1, 0.15) is 0 Å². The molecule has 0 unspecified atom stereocenters. The normalized spacial score (nSPS) is 11.8. The molecule has 0 saturated carbocycles. The third kappa shape index (κ3) is 4.05. The van der Waals surface area contributed by atoms with E-state index in [1.165, 1.54) is 11.1 Å². The third-order valence-electron chi connectivity index (χ3n) is 3.03. The molecule has 0 aliphatic heterocycles. The van der Waals surface area contributed by atoms with Crippen LogP contribution in [0.2, 0.25) is 0 Å². The molecule has 0 saturated heterocycles. The average Bonchev–Trinajstić information content (AvgIpc) is 2.41. The summed E-state index contributed by atoms with van der Waals surface area (Å²) in [5, 5.41) is 7.11. The maximum Gasteiger partial charge on any atom is 0.171 e. The van der Waals surface area contributed by atoms with Gasteiger partial charge < -0.3 is 10.6 Å². The molecule has 1 atom stereocenters. The Balaban J connectivity index is 1.98. The van der Waals surface area contributed by atoms with E-state index in [-0.39, 0.29) is 6.04 Å². The summed E-state index contributed by atoms with van der Waals surface area (Å²) in [5.41, 5.74) is 3.41. The molecule has 104 valence electrons. The molecular weight excluding hydrogens is 332 g/mol. The molecule has 0 aromatic heterocycles. The van der Waals surface area contributed by atoms with Crippen molar-refractivity contribution in [1.82, 2.24) is 5.32 Å². The topological polar surface area (TPSA) is 24.1 Å². The van der Waals surface area contributed by atoms with E-state index in [1.54, 1.807) is 0 Å². The smallest absolute Gasteiger partial charge is 0.171 e. The van der Waals surface area contributed by atoms with E-state index < -0.39 is 0 Å². The van der Waals surface area contributed by atoms with Crippen molar-refractivity contribution in [2.24, 2.45) is 0 Å². The average molecular weight is 349 g/mol. The van der Waals surface area contributed by atoms with Crippen LogP contribution in [0.25, 0.3) is 0 Å². The van der Waals surface area contributed by atoms with Crippen LogP contribution in [0.15, 0.2) is 53.0 Å². The van der Waals surface area contributed by atoms with Crippen LogP contribution in [-0.2, 0) is 0 Å². The zero-order valence-electron chi connectivity index (χ0n) is 11.5. The number of halogens is 1. The first-order valence-electron chi connectivity index (χ1n) is 6.45. The summed E-state index contributed by atoms with van der Waals surface area (Å²) in [4.78, 5) is 0. The summed E-state index contributed by atoms with van der Waals surface area (Å²) >= 11 is 8.91. The van der Waals surface area contributed by atoms with Crippen LogP contribution in [0, 0.1) is 6.92 Å². The van der Waals surface area contributed by atoms with E-state index in [1.807, 2.05) is 30.3 Å². The Hall–Kier alpha value is -1.39. The first-order chi connectivity index (χ1) is 9.56. The van der Waals surface area contributed by atoms with E-state index >= 15 is 0 Å². The van der Waals surface area contributed by atoms with Crippen LogP contribution in [0.4, 0.5) is 5.69 Å². The van der Waals surface area contributed by atoms with Gasteiger partial charge in [-0.05, 0) is 49.8 Å². The van der Waals surface area contributed by atoms with Gasteiger partial charge in [-0.1, -0.05) is 51.8 Å². The fourth-order valence-electron chi connectivity index (χ4n) is 1.90. The van der Waals surface area contributed by atoms with Gasteiger partial charge in [0.25, 0.3) is 0 Å². The second-order valence-electron chi connectivity index (χ2n) is 4.71. The molecule has 0 bridgehead atoms. The van der Waals surface area contributed by atoms with E-state index in [9.17, 15) is 0 Å². The lowest BCUT2D eigenvalue weighted by Crippen LogP contribution is -2.31. The highest BCUT2D eigenvalue weighted by molar-refractivity contribution is 9.10. The molecule has 20 heavy (non-hydrogen) atoms. The number of rotatable bonds is 3. The molecule has 2 aromatic carbocycles. The monoisotopic (exact) mass is 348 g/mol. The number of nitrogens with one attached hydrogen (secondary N) is 2. The Morgan fingerprint density at radius 2 is 1.75 bits per heavy atom. The number of hydrogen-bond acceptors (Lipinski definition) is 1. The lowest BCUT2D eigenvalue weighted by molar-refractivity contribution is 0.719. The van der Waals surface area contributed by atoms with E-state index in [0.29, 0.717) is 5.11 Å². The van der Waals surface area contributed by atoms with E-state index in [0.717, 1.165) is 10.2 Å². The highest BCUT2D eigenvalue weighted by atomic mass is 79.9. The van der Waals surface area contributed by atoms with E-state index in [2.05, 4.69) is 58.6 Å². The molecule has 2 nitrogen and oxygen atoms in total. The van der Waals surface area contributed by atoms with Crippen molar-refractivity contribution in [3.05, 3.63) is 64.1 Å². The van der Waals surface area contributed by atoms with Gasteiger partial charge in [0.05, 0.1) is 6.04 Å². The standard InChI is InChI=1S/C16H17BrN2S/c1-11-7-9-13(10-8-11)19-16(20)18-12(2)14-5-3-4-6-15(14)17/h3-10,12H,1-2H3,(H2,18,19,20)/t12-/m1/s1. The molecule has 2 N–H and O–H groups in total. The fourth-order valence-corrected chi connectivity index (χ4v) is 2.83. The lowest BCUT2D eigenvalue weighted by atomic mass is 10.1. The third-order valence-corrected chi connectivity index (χ3v) is 3.97. The number of aryl methyl sites for hydroxylation is 1. The minimum absolute atomic E-state index is 0.135. The van der Waals surface area contributed by atoms with Crippen molar-refractivity contribution < 1.29 is 0 Å². The summed E-state index contributed by atoms with van der Waals surface area (Å²) < 4.78 is 1.08. The summed E-state index contributed by atoms with van der Waals surface area (Å²) in [6.07, 6.45) is 0. The zero-order valence-corrected chi connectivity index (χ0v) is 13.9. The van der Waals surface area contributed by atoms with Crippen molar-refractivity contribution in [2.75, 3.05) is 5.32 Å². The minimum atomic E-state index is 0.135. The van der Waals surface area contributed by atoms with Crippen LogP contribution in [0.3, 0.4) is 0 Å². The second-order valence-corrected chi connectivity index (χ2v) is 5.97. The number of thiocarbonyl (C=S) groups is 1. The Morgan fingerprint density at radius 1 is 1.10 bits per heavy atom. The second kappa shape index (κ2) is 6.86. The molecule has 2 rings (SSSR count). The molecule has 0 heterocycles. The molecule has 0 amide bonds. The van der Waals surface area contributed by atoms with E-state index in [4.69, 9.17) is 12.2 Å². The van der Waals surface area contributed by atoms with Gasteiger partial charge in [0.2, 0.25) is 0 Å². The van der Waals surface area contributed by atoms with Gasteiger partial charge in [-0.3, -0.25) is 0 Å². The fraction of sp³-hybridized carbons (Fsp3) is 0.188. The Morgan fingerprint density at radius 3 is 2.40 bits per heavy atom. The summed E-state index contributed by atoms with van der Waals surface area (Å²) in [6.45, 7) is 4.15. The van der Waals surface area contributed by atoms with Crippen LogP contribution >= 0.6 is 28.1 Å². The Labute approximate surface area is 133 Å². The predicted molar refractivity (Wildman–Crippen MR) is 93.1 cm³/mol. The van der Waals surface area contributed by atoms with Gasteiger partial charge in [0.15, 0.2) is 5.11 Å². The molecule has 0 spiro atoms. The minimum Gasteiger partial charge on any atom is -0.356 e. The summed E-state index contributed by atoms with van der Waals surface area (Å²) in [6, 6.07) is 16.4. The Kier molecular flexibility index (Phi) is 5.15. The Bertz CT molecular complexity index is 596. The highest BCUT2D eigenvalue weighted by Gasteiger charge is 2.09. The van der Waals surface area contributed by atoms with Crippen molar-refractivity contribution >= 4 is 38.9 Å². The molecule has 0 aliphatic carbocycles. The first kappa shape index (κ1) is 15.0. The summed E-state index contributed by atoms with van der Waals surface area (Å²) in [7, 11) is 0. The highest BCUT2D eigenvalue weighted by Crippen LogP contribution is 2.22. The molecular formula is C16H17BrN2S. The van der Waals surface area contributed by atoms with Gasteiger partial charge in [0, 0.05) is 10.2 Å². The summed E-state index contributed by atoms with van der Waals surface area (Å²) in [5.74, 6) is 0. The van der Waals surface area contributed by atoms with Crippen molar-refractivity contribution in [3.8, 4) is 0 Å². The molecule has 0 aliphatic rings. The van der Waals surface area contributed by atoms with Gasteiger partial charge in [-0.15, -0.1) is 0 Å². The lowest BCUT2D eigenvalue weighted by Gasteiger charge is -2.18. The van der Waals surface area contributed by atoms with Gasteiger partial charge in [-0.2, -0.15) is 0 Å². The first-order valence-corrected chi connectivity index (χ1v) is 7.65. The quantitative estimate of drug-likeness (QED) is 0.778. The number of hydrogen-bond donors (Lipinski definition) is 2. The predicted octanol–water partition coefficient (Wildman–Crippen LogP) is 4.81. The SMILES string of the molecule is Cc1ccc(NC(=S)N[C@H](C)c2ccccc2Br)cc1. The molecule has 4 heteroatoms. The van der Waals surface area contributed by atoms with Crippen molar-refractivity contribution in [1.29, 1.82) is 0 Å². The van der Waals surface area contributed by atoms with Crippen molar-refractivity contribution in [2.45, 2.75) is 19.9 Å². The zero-order chi connectivity index (χ0) is 14.5. The van der Waals surface area contributed by atoms with Crippen LogP contribution in [-0.4, -0.2) is 5.11 Å². The molecule has 2 aromatic rings. The maximum absolute atomic E-state index is 5.35. The van der Waals surface area contributed by atoms with Crippen molar-refractivity contribution in [3.63, 3.8) is 0 Å². The van der Waals surface area contributed by atoms with Crippen LogP contribution in [0.1, 0.15) is 24.1 Å². The van der Waals surface area contributed by atoms with Crippen LogP contribution < -0.4 is 10.6 Å². The largest absolute Gasteiger partial charge is 0.356 e. The number of anilines is 1. The molecule has 0 radical (unpaired) electrons. The number of benzene rings is 2. The van der Waals surface area contributed by atoms with Gasteiger partial charge in [-0.25, -0.2) is 0 Å².